The molecule has 1 aliphatic carbocycles. The molecule has 2 aromatic heterocycles. The lowest BCUT2D eigenvalue weighted by Crippen LogP contribution is -2.32. The van der Waals surface area contributed by atoms with Gasteiger partial charge in [-0.1, -0.05) is 0 Å². The summed E-state index contributed by atoms with van der Waals surface area (Å²) in [6, 6.07) is 1.85. The first-order valence-corrected chi connectivity index (χ1v) is 8.23. The first-order chi connectivity index (χ1) is 10.1. The number of aromatic nitrogens is 2. The Balaban J connectivity index is 1.75. The van der Waals surface area contributed by atoms with Gasteiger partial charge in [0.1, 0.15) is 0 Å². The smallest absolute Gasteiger partial charge is 0.255 e. The van der Waals surface area contributed by atoms with E-state index in [4.69, 9.17) is 4.98 Å². The quantitative estimate of drug-likeness (QED) is 0.946. The fraction of sp³-hybridized carbons (Fsp3) is 0.500. The SMILES string of the molecule is Cc1nc2c(s1)CCC[C@H]2CN(C)C(=O)c1cc[nH]c1C. The maximum Gasteiger partial charge on any atom is 0.255 e. The Hall–Kier alpha value is -1.62. The summed E-state index contributed by atoms with van der Waals surface area (Å²) in [6.45, 7) is 4.75. The molecular weight excluding hydrogens is 282 g/mol. The Bertz CT molecular complexity index is 658. The van der Waals surface area contributed by atoms with E-state index in [-0.39, 0.29) is 5.91 Å². The summed E-state index contributed by atoms with van der Waals surface area (Å²) < 4.78 is 0. The van der Waals surface area contributed by atoms with Crippen molar-refractivity contribution in [2.45, 2.75) is 39.0 Å². The second kappa shape index (κ2) is 5.64. The fourth-order valence-electron chi connectivity index (χ4n) is 3.11. The van der Waals surface area contributed by atoms with Crippen molar-refractivity contribution >= 4 is 17.2 Å². The summed E-state index contributed by atoms with van der Waals surface area (Å²) in [5.74, 6) is 0.472. The van der Waals surface area contributed by atoms with Crippen LogP contribution in [-0.4, -0.2) is 34.4 Å². The van der Waals surface area contributed by atoms with Crippen LogP contribution in [0.5, 0.6) is 0 Å². The van der Waals surface area contributed by atoms with E-state index in [0.29, 0.717) is 5.92 Å². The summed E-state index contributed by atoms with van der Waals surface area (Å²) in [5, 5.41) is 1.14. The number of rotatable bonds is 3. The van der Waals surface area contributed by atoms with Crippen LogP contribution in [0.15, 0.2) is 12.3 Å². The van der Waals surface area contributed by atoms with Gasteiger partial charge in [-0.05, 0) is 39.2 Å². The van der Waals surface area contributed by atoms with Gasteiger partial charge in [0.2, 0.25) is 0 Å². The molecule has 2 heterocycles. The van der Waals surface area contributed by atoms with E-state index in [1.807, 2.05) is 42.5 Å². The van der Waals surface area contributed by atoms with Crippen molar-refractivity contribution in [2.75, 3.05) is 13.6 Å². The molecule has 1 N–H and O–H groups in total. The second-order valence-corrected chi connectivity index (χ2v) is 7.12. The Labute approximate surface area is 129 Å². The number of amides is 1. The monoisotopic (exact) mass is 303 g/mol. The first-order valence-electron chi connectivity index (χ1n) is 7.42. The molecule has 0 saturated heterocycles. The topological polar surface area (TPSA) is 49.0 Å². The minimum absolute atomic E-state index is 0.0906. The molecule has 3 rings (SSSR count). The summed E-state index contributed by atoms with van der Waals surface area (Å²) >= 11 is 1.81. The summed E-state index contributed by atoms with van der Waals surface area (Å²) in [5.41, 5.74) is 2.93. The number of hydrogen-bond acceptors (Lipinski definition) is 3. The van der Waals surface area contributed by atoms with Gasteiger partial charge in [0, 0.05) is 36.3 Å². The van der Waals surface area contributed by atoms with Crippen LogP contribution in [-0.2, 0) is 6.42 Å². The number of carbonyl (C=O) groups excluding carboxylic acids is 1. The van der Waals surface area contributed by atoms with Crippen LogP contribution in [0.1, 0.15) is 50.4 Å². The number of fused-ring (bicyclic) bond motifs is 1. The molecule has 112 valence electrons. The molecule has 0 saturated carbocycles. The highest BCUT2D eigenvalue weighted by molar-refractivity contribution is 7.11. The van der Waals surface area contributed by atoms with E-state index in [1.165, 1.54) is 17.0 Å². The van der Waals surface area contributed by atoms with Crippen molar-refractivity contribution in [3.8, 4) is 0 Å². The zero-order valence-corrected chi connectivity index (χ0v) is 13.6. The van der Waals surface area contributed by atoms with Crippen LogP contribution in [0.4, 0.5) is 0 Å². The van der Waals surface area contributed by atoms with E-state index in [9.17, 15) is 4.79 Å². The van der Waals surface area contributed by atoms with Gasteiger partial charge in [-0.25, -0.2) is 4.98 Å². The summed E-state index contributed by atoms with van der Waals surface area (Å²) in [7, 11) is 1.89. The summed E-state index contributed by atoms with van der Waals surface area (Å²) in [6.07, 6.45) is 5.29. The Kier molecular flexibility index (Phi) is 3.85. The number of nitrogens with one attached hydrogen (secondary N) is 1. The molecule has 0 spiro atoms. The van der Waals surface area contributed by atoms with Gasteiger partial charge in [0.25, 0.3) is 5.91 Å². The number of thiazole rings is 1. The molecule has 0 aromatic carbocycles. The fourth-order valence-corrected chi connectivity index (χ4v) is 4.17. The molecule has 2 aromatic rings. The number of aryl methyl sites for hydroxylation is 3. The lowest BCUT2D eigenvalue weighted by molar-refractivity contribution is 0.0782. The van der Waals surface area contributed by atoms with E-state index in [2.05, 4.69) is 11.9 Å². The number of nitrogens with zero attached hydrogens (tertiary/aromatic N) is 2. The highest BCUT2D eigenvalue weighted by Crippen LogP contribution is 2.35. The van der Waals surface area contributed by atoms with E-state index >= 15 is 0 Å². The van der Waals surface area contributed by atoms with Crippen LogP contribution in [0.25, 0.3) is 0 Å². The third kappa shape index (κ3) is 2.75. The van der Waals surface area contributed by atoms with Crippen molar-refractivity contribution < 1.29 is 4.79 Å². The minimum Gasteiger partial charge on any atom is -0.365 e. The molecular formula is C16H21N3OS. The van der Waals surface area contributed by atoms with E-state index < -0.39 is 0 Å². The van der Waals surface area contributed by atoms with Crippen LogP contribution >= 0.6 is 11.3 Å². The van der Waals surface area contributed by atoms with Crippen LogP contribution in [0.2, 0.25) is 0 Å². The van der Waals surface area contributed by atoms with E-state index in [0.717, 1.165) is 35.7 Å². The zero-order chi connectivity index (χ0) is 15.0. The van der Waals surface area contributed by atoms with Gasteiger partial charge in [0.15, 0.2) is 0 Å². The number of H-pyrrole nitrogens is 1. The third-order valence-corrected chi connectivity index (χ3v) is 5.25. The Morgan fingerprint density at radius 2 is 2.33 bits per heavy atom. The van der Waals surface area contributed by atoms with Gasteiger partial charge in [-0.3, -0.25) is 4.79 Å². The van der Waals surface area contributed by atoms with Crippen molar-refractivity contribution in [2.24, 2.45) is 0 Å². The van der Waals surface area contributed by atoms with Gasteiger partial charge < -0.3 is 9.88 Å². The number of likely N-dealkylation sites (N-methyl/N-ethyl adjacent to an activating group) is 1. The lowest BCUT2D eigenvalue weighted by atomic mass is 9.90. The van der Waals surface area contributed by atoms with Crippen LogP contribution in [0.3, 0.4) is 0 Å². The molecule has 5 heteroatoms. The molecule has 0 unspecified atom stereocenters. The number of aromatic amines is 1. The molecule has 0 aliphatic heterocycles. The Morgan fingerprint density at radius 1 is 1.52 bits per heavy atom. The van der Waals surface area contributed by atoms with Gasteiger partial charge in [-0.2, -0.15) is 0 Å². The highest BCUT2D eigenvalue weighted by Gasteiger charge is 2.27. The summed E-state index contributed by atoms with van der Waals surface area (Å²) in [4.78, 5) is 23.5. The number of hydrogen-bond donors (Lipinski definition) is 1. The zero-order valence-electron chi connectivity index (χ0n) is 12.8. The average Bonchev–Trinajstić information content (AvgIpc) is 3.03. The molecule has 21 heavy (non-hydrogen) atoms. The van der Waals surface area contributed by atoms with Crippen molar-refractivity contribution in [3.63, 3.8) is 0 Å². The second-order valence-electron chi connectivity index (χ2n) is 5.83. The maximum atomic E-state index is 12.5. The van der Waals surface area contributed by atoms with Crippen molar-refractivity contribution in [3.05, 3.63) is 39.1 Å². The molecule has 1 atom stereocenters. The predicted octanol–water partition coefficient (Wildman–Crippen LogP) is 3.28. The van der Waals surface area contributed by atoms with Gasteiger partial charge in [0.05, 0.1) is 16.3 Å². The normalized spacial score (nSPS) is 17.6. The molecule has 0 radical (unpaired) electrons. The molecule has 0 bridgehead atoms. The van der Waals surface area contributed by atoms with E-state index in [1.54, 1.807) is 0 Å². The molecule has 1 amide bonds. The molecule has 4 nitrogen and oxygen atoms in total. The minimum atomic E-state index is 0.0906. The first kappa shape index (κ1) is 14.3. The molecule has 1 aliphatic rings. The lowest BCUT2D eigenvalue weighted by Gasteiger charge is -2.26. The van der Waals surface area contributed by atoms with Crippen LogP contribution in [0, 0.1) is 13.8 Å². The third-order valence-electron chi connectivity index (χ3n) is 4.20. The van der Waals surface area contributed by atoms with Crippen molar-refractivity contribution in [1.82, 2.24) is 14.9 Å². The largest absolute Gasteiger partial charge is 0.365 e. The van der Waals surface area contributed by atoms with Crippen LogP contribution < -0.4 is 0 Å². The highest BCUT2D eigenvalue weighted by atomic mass is 32.1. The average molecular weight is 303 g/mol. The molecule has 0 fully saturated rings. The van der Waals surface area contributed by atoms with Gasteiger partial charge >= 0.3 is 0 Å². The van der Waals surface area contributed by atoms with Gasteiger partial charge in [-0.15, -0.1) is 11.3 Å². The maximum absolute atomic E-state index is 12.5. The van der Waals surface area contributed by atoms with Crippen molar-refractivity contribution in [1.29, 1.82) is 0 Å². The standard InChI is InChI=1S/C16H21N3OS/c1-10-13(7-8-17-10)16(20)19(3)9-12-5-4-6-14-15(12)18-11(2)21-14/h7-8,12,17H,4-6,9H2,1-3H3/t12-/m0/s1. The Morgan fingerprint density at radius 3 is 3.05 bits per heavy atom. The number of carbonyl (C=O) groups is 1. The predicted molar refractivity (Wildman–Crippen MR) is 85.0 cm³/mol.